The lowest BCUT2D eigenvalue weighted by atomic mass is 10.2. The van der Waals surface area contributed by atoms with Crippen molar-refractivity contribution in [3.8, 4) is 0 Å². The van der Waals surface area contributed by atoms with Crippen LogP contribution in [0.2, 0.25) is 0 Å². The molecule has 4 nitrogen and oxygen atoms in total. The molecule has 1 heterocycles. The standard InChI is InChI=1S/C14H17NO3S2/c1-10-5-11(2)7-13(6-10)20(17,18)15-8-14(16)12-3-4-19-9-12/h3-7,9,14-16H,8H2,1-2H3. The largest absolute Gasteiger partial charge is 0.387 e. The van der Waals surface area contributed by atoms with E-state index in [2.05, 4.69) is 4.72 Å². The first-order valence-electron chi connectivity index (χ1n) is 6.16. The van der Waals surface area contributed by atoms with Crippen molar-refractivity contribution in [2.24, 2.45) is 0 Å². The fourth-order valence-electron chi connectivity index (χ4n) is 1.94. The van der Waals surface area contributed by atoms with Crippen molar-refractivity contribution in [1.29, 1.82) is 0 Å². The highest BCUT2D eigenvalue weighted by atomic mass is 32.2. The van der Waals surface area contributed by atoms with E-state index < -0.39 is 16.1 Å². The molecule has 1 aromatic carbocycles. The van der Waals surface area contributed by atoms with E-state index in [0.29, 0.717) is 0 Å². The van der Waals surface area contributed by atoms with E-state index in [1.807, 2.05) is 25.3 Å². The average Bonchev–Trinajstić information content (AvgIpc) is 2.88. The molecule has 6 heteroatoms. The summed E-state index contributed by atoms with van der Waals surface area (Å²) in [4.78, 5) is 0.229. The van der Waals surface area contributed by atoms with Crippen LogP contribution in [0.3, 0.4) is 0 Å². The van der Waals surface area contributed by atoms with Crippen molar-refractivity contribution in [2.45, 2.75) is 24.8 Å². The van der Waals surface area contributed by atoms with Crippen LogP contribution in [0.5, 0.6) is 0 Å². The topological polar surface area (TPSA) is 66.4 Å². The van der Waals surface area contributed by atoms with Crippen molar-refractivity contribution >= 4 is 21.4 Å². The van der Waals surface area contributed by atoms with Gasteiger partial charge in [0.05, 0.1) is 11.0 Å². The molecule has 0 saturated carbocycles. The normalized spacial score (nSPS) is 13.3. The van der Waals surface area contributed by atoms with E-state index in [4.69, 9.17) is 0 Å². The maximum Gasteiger partial charge on any atom is 0.240 e. The van der Waals surface area contributed by atoms with E-state index >= 15 is 0 Å². The van der Waals surface area contributed by atoms with Crippen LogP contribution in [-0.4, -0.2) is 20.1 Å². The molecule has 2 rings (SSSR count). The predicted molar refractivity (Wildman–Crippen MR) is 80.4 cm³/mol. The molecule has 0 aliphatic heterocycles. The second-order valence-electron chi connectivity index (χ2n) is 4.75. The van der Waals surface area contributed by atoms with E-state index in [1.165, 1.54) is 11.3 Å². The van der Waals surface area contributed by atoms with Crippen molar-refractivity contribution in [2.75, 3.05) is 6.54 Å². The molecule has 2 aromatic rings. The molecule has 108 valence electrons. The zero-order chi connectivity index (χ0) is 14.8. The number of aliphatic hydroxyl groups excluding tert-OH is 1. The lowest BCUT2D eigenvalue weighted by Crippen LogP contribution is -2.28. The summed E-state index contributed by atoms with van der Waals surface area (Å²) in [7, 11) is -3.60. The zero-order valence-corrected chi connectivity index (χ0v) is 13.0. The number of thiophene rings is 1. The molecule has 0 bridgehead atoms. The Bertz CT molecular complexity index is 658. The molecule has 20 heavy (non-hydrogen) atoms. The number of sulfonamides is 1. The molecule has 0 fully saturated rings. The van der Waals surface area contributed by atoms with E-state index in [0.717, 1.165) is 16.7 Å². The van der Waals surface area contributed by atoms with Gasteiger partial charge in [-0.25, -0.2) is 13.1 Å². The summed E-state index contributed by atoms with van der Waals surface area (Å²) in [6.45, 7) is 3.67. The zero-order valence-electron chi connectivity index (χ0n) is 11.3. The molecule has 0 amide bonds. The summed E-state index contributed by atoms with van der Waals surface area (Å²) in [5, 5.41) is 13.6. The third-order valence-corrected chi connectivity index (χ3v) is 5.00. The molecule has 2 N–H and O–H groups in total. The molecule has 0 radical (unpaired) electrons. The Morgan fingerprint density at radius 3 is 2.45 bits per heavy atom. The lowest BCUT2D eigenvalue weighted by Gasteiger charge is -2.12. The number of aliphatic hydroxyl groups is 1. The van der Waals surface area contributed by atoms with Crippen LogP contribution < -0.4 is 4.72 Å². The van der Waals surface area contributed by atoms with Gasteiger partial charge in [0.2, 0.25) is 10.0 Å². The Hall–Kier alpha value is -1.21. The van der Waals surface area contributed by atoms with Gasteiger partial charge in [-0.05, 0) is 59.5 Å². The number of benzene rings is 1. The maximum absolute atomic E-state index is 12.2. The average molecular weight is 311 g/mol. The van der Waals surface area contributed by atoms with Gasteiger partial charge in [0.15, 0.2) is 0 Å². The molecule has 1 aromatic heterocycles. The van der Waals surface area contributed by atoms with Crippen LogP contribution in [0.1, 0.15) is 22.8 Å². The molecule has 1 atom stereocenters. The Morgan fingerprint density at radius 2 is 1.90 bits per heavy atom. The van der Waals surface area contributed by atoms with E-state index in [9.17, 15) is 13.5 Å². The van der Waals surface area contributed by atoms with Crippen molar-refractivity contribution in [3.05, 3.63) is 51.7 Å². The maximum atomic E-state index is 12.2. The quantitative estimate of drug-likeness (QED) is 0.891. The summed E-state index contributed by atoms with van der Waals surface area (Å²) in [5.41, 5.74) is 2.51. The Labute approximate surface area is 123 Å². The molecule has 0 aliphatic carbocycles. The van der Waals surface area contributed by atoms with Crippen LogP contribution in [0.25, 0.3) is 0 Å². The summed E-state index contributed by atoms with van der Waals surface area (Å²) < 4.78 is 26.8. The van der Waals surface area contributed by atoms with Crippen LogP contribution in [-0.2, 0) is 10.0 Å². The first kappa shape index (κ1) is 15.2. The predicted octanol–water partition coefficient (Wildman–Crippen LogP) is 2.38. The molecular weight excluding hydrogens is 294 g/mol. The fourth-order valence-corrected chi connectivity index (χ4v) is 3.88. The van der Waals surface area contributed by atoms with E-state index in [-0.39, 0.29) is 11.4 Å². The minimum Gasteiger partial charge on any atom is -0.387 e. The lowest BCUT2D eigenvalue weighted by molar-refractivity contribution is 0.182. The van der Waals surface area contributed by atoms with Gasteiger partial charge in [0.25, 0.3) is 0 Å². The number of hydrogen-bond donors (Lipinski definition) is 2. The number of hydrogen-bond acceptors (Lipinski definition) is 4. The second kappa shape index (κ2) is 6.05. The van der Waals surface area contributed by atoms with Crippen molar-refractivity contribution < 1.29 is 13.5 Å². The van der Waals surface area contributed by atoms with Gasteiger partial charge in [-0.2, -0.15) is 11.3 Å². The second-order valence-corrected chi connectivity index (χ2v) is 7.29. The Kier molecular flexibility index (Phi) is 4.59. The summed E-state index contributed by atoms with van der Waals surface area (Å²) in [5.74, 6) is 0. The highest BCUT2D eigenvalue weighted by molar-refractivity contribution is 7.89. The first-order chi connectivity index (χ1) is 9.38. The smallest absolute Gasteiger partial charge is 0.240 e. The Balaban J connectivity index is 2.11. The summed E-state index contributed by atoms with van der Waals surface area (Å²) in [6.07, 6.45) is -0.832. The van der Waals surface area contributed by atoms with Gasteiger partial charge in [0.1, 0.15) is 0 Å². The van der Waals surface area contributed by atoms with Crippen LogP contribution in [0, 0.1) is 13.8 Å². The molecule has 0 aliphatic rings. The number of rotatable bonds is 5. The Morgan fingerprint density at radius 1 is 1.25 bits per heavy atom. The molecular formula is C14H17NO3S2. The minimum atomic E-state index is -3.60. The highest BCUT2D eigenvalue weighted by Gasteiger charge is 2.17. The van der Waals surface area contributed by atoms with Crippen LogP contribution in [0.15, 0.2) is 39.9 Å². The van der Waals surface area contributed by atoms with Gasteiger partial charge < -0.3 is 5.11 Å². The monoisotopic (exact) mass is 311 g/mol. The van der Waals surface area contributed by atoms with Gasteiger partial charge in [-0.15, -0.1) is 0 Å². The summed E-state index contributed by atoms with van der Waals surface area (Å²) >= 11 is 1.46. The number of aryl methyl sites for hydroxylation is 2. The molecule has 1 unspecified atom stereocenters. The van der Waals surface area contributed by atoms with Gasteiger partial charge >= 0.3 is 0 Å². The van der Waals surface area contributed by atoms with E-state index in [1.54, 1.807) is 23.6 Å². The minimum absolute atomic E-state index is 0.0357. The van der Waals surface area contributed by atoms with Crippen LogP contribution >= 0.6 is 11.3 Å². The summed E-state index contributed by atoms with van der Waals surface area (Å²) in [6, 6.07) is 6.93. The van der Waals surface area contributed by atoms with Gasteiger partial charge in [-0.3, -0.25) is 0 Å². The first-order valence-corrected chi connectivity index (χ1v) is 8.59. The van der Waals surface area contributed by atoms with Crippen molar-refractivity contribution in [1.82, 2.24) is 4.72 Å². The fraction of sp³-hybridized carbons (Fsp3) is 0.286. The third-order valence-electron chi connectivity index (χ3n) is 2.90. The van der Waals surface area contributed by atoms with Gasteiger partial charge in [-0.1, -0.05) is 6.07 Å². The van der Waals surface area contributed by atoms with Gasteiger partial charge in [0, 0.05) is 6.54 Å². The SMILES string of the molecule is Cc1cc(C)cc(S(=O)(=O)NCC(O)c2ccsc2)c1. The molecule has 0 spiro atoms. The van der Waals surface area contributed by atoms with Crippen molar-refractivity contribution in [3.63, 3.8) is 0 Å². The number of nitrogens with one attached hydrogen (secondary N) is 1. The molecule has 0 saturated heterocycles. The van der Waals surface area contributed by atoms with Crippen LogP contribution in [0.4, 0.5) is 0 Å². The third kappa shape index (κ3) is 3.67. The highest BCUT2D eigenvalue weighted by Crippen LogP contribution is 2.17.